The van der Waals surface area contributed by atoms with E-state index in [2.05, 4.69) is 15.3 Å². The van der Waals surface area contributed by atoms with Crippen LogP contribution in [0.5, 0.6) is 5.75 Å². The van der Waals surface area contributed by atoms with Gasteiger partial charge in [-0.15, -0.1) is 0 Å². The number of rotatable bonds is 5. The van der Waals surface area contributed by atoms with Crippen LogP contribution in [0.15, 0.2) is 30.5 Å². The molecule has 0 bridgehead atoms. The van der Waals surface area contributed by atoms with Crippen LogP contribution in [0.25, 0.3) is 0 Å². The SMILES string of the molecule is CNc1nc(Cl)ncc1OCC(=O)c1ccccc1C. The molecule has 0 saturated carbocycles. The average Bonchev–Trinajstić information content (AvgIpc) is 2.46. The third-order valence-corrected chi connectivity index (χ3v) is 2.95. The zero-order valence-corrected chi connectivity index (χ0v) is 11.9. The molecule has 0 unspecified atom stereocenters. The highest BCUT2D eigenvalue weighted by Crippen LogP contribution is 2.22. The van der Waals surface area contributed by atoms with Gasteiger partial charge in [0.1, 0.15) is 0 Å². The molecule has 1 aromatic carbocycles. The Balaban J connectivity index is 2.09. The number of benzene rings is 1. The molecule has 0 saturated heterocycles. The van der Waals surface area contributed by atoms with Crippen molar-refractivity contribution in [2.24, 2.45) is 0 Å². The van der Waals surface area contributed by atoms with Crippen molar-refractivity contribution in [3.63, 3.8) is 0 Å². The van der Waals surface area contributed by atoms with E-state index >= 15 is 0 Å². The van der Waals surface area contributed by atoms with Crippen molar-refractivity contribution in [1.29, 1.82) is 0 Å². The summed E-state index contributed by atoms with van der Waals surface area (Å²) in [6, 6.07) is 7.37. The summed E-state index contributed by atoms with van der Waals surface area (Å²) < 4.78 is 5.46. The van der Waals surface area contributed by atoms with Gasteiger partial charge in [0.2, 0.25) is 5.28 Å². The van der Waals surface area contributed by atoms with Crippen LogP contribution in [0, 0.1) is 6.92 Å². The van der Waals surface area contributed by atoms with Crippen LogP contribution >= 0.6 is 11.6 Å². The molecular formula is C14H14ClN3O2. The third kappa shape index (κ3) is 3.24. The van der Waals surface area contributed by atoms with Crippen LogP contribution in [-0.4, -0.2) is 29.4 Å². The maximum absolute atomic E-state index is 12.1. The predicted octanol–water partition coefficient (Wildman–Crippen LogP) is 2.74. The molecule has 20 heavy (non-hydrogen) atoms. The van der Waals surface area contributed by atoms with E-state index in [0.29, 0.717) is 17.1 Å². The van der Waals surface area contributed by atoms with Gasteiger partial charge in [-0.3, -0.25) is 4.79 Å². The number of ketones is 1. The minimum atomic E-state index is -0.0971. The number of aryl methyl sites for hydroxylation is 1. The second-order valence-electron chi connectivity index (χ2n) is 4.13. The first-order valence-corrected chi connectivity index (χ1v) is 6.41. The summed E-state index contributed by atoms with van der Waals surface area (Å²) in [5.74, 6) is 0.738. The lowest BCUT2D eigenvalue weighted by atomic mass is 10.1. The first-order chi connectivity index (χ1) is 9.61. The Morgan fingerprint density at radius 2 is 2.15 bits per heavy atom. The van der Waals surface area contributed by atoms with E-state index in [1.54, 1.807) is 13.1 Å². The number of carbonyl (C=O) groups excluding carboxylic acids is 1. The number of Topliss-reactive ketones (excluding diaryl/α,β-unsaturated/α-hetero) is 1. The number of carbonyl (C=O) groups is 1. The third-order valence-electron chi connectivity index (χ3n) is 2.77. The van der Waals surface area contributed by atoms with Crippen molar-refractivity contribution in [2.75, 3.05) is 19.0 Å². The maximum atomic E-state index is 12.1. The lowest BCUT2D eigenvalue weighted by Crippen LogP contribution is -2.14. The molecule has 2 aromatic rings. The molecule has 1 heterocycles. The molecule has 1 aromatic heterocycles. The van der Waals surface area contributed by atoms with Gasteiger partial charge in [-0.2, -0.15) is 4.98 Å². The molecule has 1 N–H and O–H groups in total. The highest BCUT2D eigenvalue weighted by molar-refractivity contribution is 6.28. The molecule has 0 atom stereocenters. The number of hydrogen-bond acceptors (Lipinski definition) is 5. The van der Waals surface area contributed by atoms with Gasteiger partial charge < -0.3 is 10.1 Å². The minimum absolute atomic E-state index is 0.0788. The summed E-state index contributed by atoms with van der Waals surface area (Å²) in [6.45, 7) is 1.81. The summed E-state index contributed by atoms with van der Waals surface area (Å²) in [4.78, 5) is 19.9. The number of anilines is 1. The monoisotopic (exact) mass is 291 g/mol. The molecule has 0 spiro atoms. The minimum Gasteiger partial charge on any atom is -0.480 e. The van der Waals surface area contributed by atoms with Gasteiger partial charge in [-0.25, -0.2) is 4.98 Å². The zero-order chi connectivity index (χ0) is 14.5. The number of halogens is 1. The fourth-order valence-electron chi connectivity index (χ4n) is 1.74. The summed E-state index contributed by atoms with van der Waals surface area (Å²) in [6.07, 6.45) is 1.44. The standard InChI is InChI=1S/C14H14ClN3O2/c1-9-5-3-4-6-10(9)11(19)8-20-12-7-17-14(15)18-13(12)16-2/h3-7H,8H2,1-2H3,(H,16,17,18). The fraction of sp³-hybridized carbons (Fsp3) is 0.214. The van der Waals surface area contributed by atoms with E-state index in [-0.39, 0.29) is 17.7 Å². The van der Waals surface area contributed by atoms with E-state index in [9.17, 15) is 4.79 Å². The van der Waals surface area contributed by atoms with Crippen LogP contribution in [0.1, 0.15) is 15.9 Å². The Morgan fingerprint density at radius 1 is 1.40 bits per heavy atom. The lowest BCUT2D eigenvalue weighted by molar-refractivity contribution is 0.0921. The summed E-state index contributed by atoms with van der Waals surface area (Å²) in [5, 5.41) is 2.96. The van der Waals surface area contributed by atoms with E-state index in [0.717, 1.165) is 5.56 Å². The molecule has 104 valence electrons. The Labute approximate surface area is 122 Å². The van der Waals surface area contributed by atoms with Crippen LogP contribution in [0.3, 0.4) is 0 Å². The van der Waals surface area contributed by atoms with Gasteiger partial charge in [-0.1, -0.05) is 24.3 Å². The Hall–Kier alpha value is -2.14. The van der Waals surface area contributed by atoms with Gasteiger partial charge in [0, 0.05) is 12.6 Å². The average molecular weight is 292 g/mol. The Kier molecular flexibility index (Phi) is 4.53. The number of nitrogens with zero attached hydrogens (tertiary/aromatic N) is 2. The largest absolute Gasteiger partial charge is 0.480 e. The molecule has 0 fully saturated rings. The van der Waals surface area contributed by atoms with Crippen LogP contribution in [-0.2, 0) is 0 Å². The van der Waals surface area contributed by atoms with E-state index in [1.807, 2.05) is 25.1 Å². The van der Waals surface area contributed by atoms with Crippen LogP contribution < -0.4 is 10.1 Å². The van der Waals surface area contributed by atoms with Crippen molar-refractivity contribution in [1.82, 2.24) is 9.97 Å². The Bertz CT molecular complexity index is 632. The van der Waals surface area contributed by atoms with Crippen molar-refractivity contribution >= 4 is 23.2 Å². The van der Waals surface area contributed by atoms with Gasteiger partial charge >= 0.3 is 0 Å². The highest BCUT2D eigenvalue weighted by Gasteiger charge is 2.12. The van der Waals surface area contributed by atoms with Crippen LogP contribution in [0.2, 0.25) is 5.28 Å². The number of nitrogens with one attached hydrogen (secondary N) is 1. The Morgan fingerprint density at radius 3 is 2.85 bits per heavy atom. The van der Waals surface area contributed by atoms with Gasteiger partial charge in [0.25, 0.3) is 0 Å². The van der Waals surface area contributed by atoms with E-state index < -0.39 is 0 Å². The van der Waals surface area contributed by atoms with E-state index in [1.165, 1.54) is 6.20 Å². The van der Waals surface area contributed by atoms with Crippen molar-refractivity contribution in [3.8, 4) is 5.75 Å². The maximum Gasteiger partial charge on any atom is 0.224 e. The smallest absolute Gasteiger partial charge is 0.224 e. The second-order valence-corrected chi connectivity index (χ2v) is 4.47. The molecule has 0 radical (unpaired) electrons. The molecule has 6 heteroatoms. The first-order valence-electron chi connectivity index (χ1n) is 6.03. The molecule has 5 nitrogen and oxygen atoms in total. The van der Waals surface area contributed by atoms with Gasteiger partial charge in [0.15, 0.2) is 24.0 Å². The number of aromatic nitrogens is 2. The lowest BCUT2D eigenvalue weighted by Gasteiger charge is -2.10. The molecule has 0 amide bonds. The number of ether oxygens (including phenoxy) is 1. The van der Waals surface area contributed by atoms with E-state index in [4.69, 9.17) is 16.3 Å². The fourth-order valence-corrected chi connectivity index (χ4v) is 1.87. The molecular weight excluding hydrogens is 278 g/mol. The summed E-state index contributed by atoms with van der Waals surface area (Å²) >= 11 is 5.69. The summed E-state index contributed by atoms with van der Waals surface area (Å²) in [5.41, 5.74) is 1.57. The topological polar surface area (TPSA) is 64.1 Å². The second kappa shape index (κ2) is 6.34. The van der Waals surface area contributed by atoms with Gasteiger partial charge in [0.05, 0.1) is 6.20 Å². The van der Waals surface area contributed by atoms with Crippen molar-refractivity contribution < 1.29 is 9.53 Å². The predicted molar refractivity (Wildman–Crippen MR) is 77.6 cm³/mol. The quantitative estimate of drug-likeness (QED) is 0.678. The van der Waals surface area contributed by atoms with Gasteiger partial charge in [-0.05, 0) is 24.1 Å². The van der Waals surface area contributed by atoms with Crippen molar-refractivity contribution in [2.45, 2.75) is 6.92 Å². The zero-order valence-electron chi connectivity index (χ0n) is 11.2. The number of hydrogen-bond donors (Lipinski definition) is 1. The molecule has 0 aliphatic rings. The first kappa shape index (κ1) is 14.3. The normalized spacial score (nSPS) is 10.2. The molecule has 2 rings (SSSR count). The van der Waals surface area contributed by atoms with Crippen molar-refractivity contribution in [3.05, 3.63) is 46.9 Å². The van der Waals surface area contributed by atoms with Crippen LogP contribution in [0.4, 0.5) is 5.82 Å². The molecule has 0 aliphatic heterocycles. The highest BCUT2D eigenvalue weighted by atomic mass is 35.5. The summed E-state index contributed by atoms with van der Waals surface area (Å²) in [7, 11) is 1.69. The molecule has 0 aliphatic carbocycles.